The van der Waals surface area contributed by atoms with Gasteiger partial charge in [0, 0.05) is 55.2 Å². The molecule has 4 rings (SSSR count). The van der Waals surface area contributed by atoms with Crippen LogP contribution >= 0.6 is 0 Å². The van der Waals surface area contributed by atoms with E-state index in [1.165, 1.54) is 4.31 Å². The van der Waals surface area contributed by atoms with E-state index in [0.717, 1.165) is 27.9 Å². The Kier molecular flexibility index (Phi) is 7.05. The lowest BCUT2D eigenvalue weighted by Crippen LogP contribution is -2.44. The molecule has 1 aliphatic rings. The molecular formula is C27H33N3O4S. The summed E-state index contributed by atoms with van der Waals surface area (Å²) in [5.74, 6) is 0. The Hall–Kier alpha value is -3.10. The number of carbonyl (C=O) groups excluding carboxylic acids is 1. The Morgan fingerprint density at radius 3 is 2.49 bits per heavy atom. The number of hydrogen-bond acceptors (Lipinski definition) is 5. The van der Waals surface area contributed by atoms with Gasteiger partial charge in [-0.15, -0.1) is 0 Å². The summed E-state index contributed by atoms with van der Waals surface area (Å²) in [6, 6.07) is 16.8. The molecule has 0 spiro atoms. The van der Waals surface area contributed by atoms with Crippen LogP contribution in [0.2, 0.25) is 0 Å². The lowest BCUT2D eigenvalue weighted by atomic mass is 10.1. The monoisotopic (exact) mass is 495 g/mol. The molecule has 8 heteroatoms. The van der Waals surface area contributed by atoms with Crippen molar-refractivity contribution < 1.29 is 17.9 Å². The number of hydrogen-bond donors (Lipinski definition) is 0. The average Bonchev–Trinajstić information content (AvgIpc) is 2.83. The molecule has 1 aliphatic heterocycles. The van der Waals surface area contributed by atoms with Crippen molar-refractivity contribution in [3.05, 3.63) is 65.7 Å². The van der Waals surface area contributed by atoms with Crippen molar-refractivity contribution in [3.63, 3.8) is 0 Å². The normalized spacial score (nSPS) is 14.7. The Balaban J connectivity index is 1.60. The van der Waals surface area contributed by atoms with Gasteiger partial charge in [-0.25, -0.2) is 13.2 Å². The number of rotatable bonds is 8. The van der Waals surface area contributed by atoms with Crippen LogP contribution in [-0.2, 0) is 21.4 Å². The molecule has 0 saturated heterocycles. The van der Waals surface area contributed by atoms with E-state index in [-0.39, 0.29) is 19.2 Å². The second-order valence-corrected chi connectivity index (χ2v) is 11.1. The molecule has 0 fully saturated rings. The Bertz CT molecular complexity index is 1350. The molecule has 0 bridgehead atoms. The summed E-state index contributed by atoms with van der Waals surface area (Å²) in [6.45, 7) is 6.64. The number of sulfonamides is 1. The van der Waals surface area contributed by atoms with Crippen LogP contribution in [0.25, 0.3) is 10.8 Å². The van der Waals surface area contributed by atoms with Crippen LogP contribution in [-0.4, -0.2) is 52.0 Å². The molecule has 1 atom stereocenters. The molecule has 1 unspecified atom stereocenters. The lowest BCUT2D eigenvalue weighted by molar-refractivity contribution is 0.138. The zero-order chi connectivity index (χ0) is 25.3. The van der Waals surface area contributed by atoms with E-state index in [1.807, 2.05) is 82.2 Å². The van der Waals surface area contributed by atoms with Crippen molar-refractivity contribution >= 4 is 38.3 Å². The van der Waals surface area contributed by atoms with Crippen LogP contribution in [0.4, 0.5) is 16.2 Å². The van der Waals surface area contributed by atoms with E-state index in [2.05, 4.69) is 0 Å². The minimum absolute atomic E-state index is 0.235. The molecule has 0 aliphatic carbocycles. The largest absolute Gasteiger partial charge is 0.444 e. The fraction of sp³-hybridized carbons (Fsp3) is 0.370. The SMILES string of the molecule is CCN(CCC(C)N1C(=O)OCc2cc(C)ccc21)S(=O)(=O)c1cccc2c(N(C)C)cccc12. The van der Waals surface area contributed by atoms with Gasteiger partial charge in [0.2, 0.25) is 10.0 Å². The first-order valence-electron chi connectivity index (χ1n) is 11.9. The van der Waals surface area contributed by atoms with E-state index in [0.29, 0.717) is 23.2 Å². The maximum Gasteiger partial charge on any atom is 0.414 e. The number of amides is 1. The number of cyclic esters (lactones) is 1. The third kappa shape index (κ3) is 4.73. The van der Waals surface area contributed by atoms with Crippen molar-refractivity contribution in [3.8, 4) is 0 Å². The molecule has 0 radical (unpaired) electrons. The van der Waals surface area contributed by atoms with Gasteiger partial charge in [-0.1, -0.05) is 48.9 Å². The summed E-state index contributed by atoms with van der Waals surface area (Å²) >= 11 is 0. The van der Waals surface area contributed by atoms with Crippen molar-refractivity contribution in [2.75, 3.05) is 37.0 Å². The second kappa shape index (κ2) is 9.87. The number of carbonyl (C=O) groups is 1. The van der Waals surface area contributed by atoms with Gasteiger partial charge in [0.1, 0.15) is 6.61 Å². The van der Waals surface area contributed by atoms with E-state index in [9.17, 15) is 13.2 Å². The fourth-order valence-corrected chi connectivity index (χ4v) is 6.39. The zero-order valence-electron chi connectivity index (χ0n) is 21.0. The molecule has 186 valence electrons. The molecule has 3 aromatic carbocycles. The highest BCUT2D eigenvalue weighted by Gasteiger charge is 2.32. The summed E-state index contributed by atoms with van der Waals surface area (Å²) in [6.07, 6.45) is 0.0773. The molecule has 1 amide bonds. The zero-order valence-corrected chi connectivity index (χ0v) is 21.8. The van der Waals surface area contributed by atoms with Crippen LogP contribution in [0.5, 0.6) is 0 Å². The Morgan fingerprint density at radius 1 is 1.06 bits per heavy atom. The highest BCUT2D eigenvalue weighted by Crippen LogP contribution is 2.33. The van der Waals surface area contributed by atoms with E-state index >= 15 is 0 Å². The first-order chi connectivity index (χ1) is 16.6. The number of aryl methyl sites for hydroxylation is 1. The molecule has 7 nitrogen and oxygen atoms in total. The summed E-state index contributed by atoms with van der Waals surface area (Å²) in [5, 5.41) is 1.60. The molecule has 0 N–H and O–H groups in total. The van der Waals surface area contributed by atoms with Gasteiger partial charge in [0.05, 0.1) is 10.6 Å². The van der Waals surface area contributed by atoms with Crippen LogP contribution < -0.4 is 9.80 Å². The third-order valence-corrected chi connectivity index (χ3v) is 8.62. The van der Waals surface area contributed by atoms with Gasteiger partial charge in [-0.05, 0) is 38.5 Å². The summed E-state index contributed by atoms with van der Waals surface area (Å²) in [7, 11) is 0.144. The third-order valence-electron chi connectivity index (χ3n) is 6.59. The molecule has 0 aromatic heterocycles. The minimum Gasteiger partial charge on any atom is -0.444 e. The maximum absolute atomic E-state index is 13.8. The Labute approximate surface area is 207 Å². The summed E-state index contributed by atoms with van der Waals surface area (Å²) in [5.41, 5.74) is 3.86. The first kappa shape index (κ1) is 25.0. The molecule has 35 heavy (non-hydrogen) atoms. The highest BCUT2D eigenvalue weighted by atomic mass is 32.2. The van der Waals surface area contributed by atoms with Gasteiger partial charge >= 0.3 is 6.09 Å². The van der Waals surface area contributed by atoms with Crippen LogP contribution in [0.15, 0.2) is 59.5 Å². The van der Waals surface area contributed by atoms with Crippen LogP contribution in [0, 0.1) is 6.92 Å². The maximum atomic E-state index is 13.8. The fourth-order valence-electron chi connectivity index (χ4n) is 4.72. The topological polar surface area (TPSA) is 70.2 Å². The van der Waals surface area contributed by atoms with Gasteiger partial charge in [0.15, 0.2) is 0 Å². The van der Waals surface area contributed by atoms with Crippen molar-refractivity contribution in [2.24, 2.45) is 0 Å². The second-order valence-electron chi connectivity index (χ2n) is 9.21. The molecular weight excluding hydrogens is 462 g/mol. The van der Waals surface area contributed by atoms with Crippen molar-refractivity contribution in [2.45, 2.75) is 44.7 Å². The standard InChI is InChI=1S/C27H33N3O4S/c1-6-29(16-15-20(3)30-24-14-13-19(2)17-21(24)18-34-27(30)31)35(32,33)26-12-8-9-22-23(26)10-7-11-25(22)28(4)5/h7-14,17,20H,6,15-16,18H2,1-5H3. The summed E-state index contributed by atoms with van der Waals surface area (Å²) in [4.78, 5) is 16.5. The number of benzene rings is 3. The number of fused-ring (bicyclic) bond motifs is 2. The van der Waals surface area contributed by atoms with Crippen molar-refractivity contribution in [1.29, 1.82) is 0 Å². The lowest BCUT2D eigenvalue weighted by Gasteiger charge is -2.34. The van der Waals surface area contributed by atoms with Crippen molar-refractivity contribution in [1.82, 2.24) is 4.31 Å². The molecule has 1 heterocycles. The first-order valence-corrected chi connectivity index (χ1v) is 13.3. The van der Waals surface area contributed by atoms with Crippen LogP contribution in [0.3, 0.4) is 0 Å². The summed E-state index contributed by atoms with van der Waals surface area (Å²) < 4.78 is 34.4. The van der Waals surface area contributed by atoms with Gasteiger partial charge in [-0.3, -0.25) is 4.90 Å². The van der Waals surface area contributed by atoms with Gasteiger partial charge < -0.3 is 9.64 Å². The van der Waals surface area contributed by atoms with Crippen LogP contribution in [0.1, 0.15) is 31.4 Å². The van der Waals surface area contributed by atoms with Gasteiger partial charge in [0.25, 0.3) is 0 Å². The smallest absolute Gasteiger partial charge is 0.414 e. The number of ether oxygens (including phenoxy) is 1. The Morgan fingerprint density at radius 2 is 1.77 bits per heavy atom. The van der Waals surface area contributed by atoms with E-state index in [4.69, 9.17) is 4.74 Å². The average molecular weight is 496 g/mol. The molecule has 3 aromatic rings. The number of anilines is 2. The predicted molar refractivity (Wildman–Crippen MR) is 141 cm³/mol. The van der Waals surface area contributed by atoms with E-state index in [1.54, 1.807) is 17.0 Å². The minimum atomic E-state index is -3.75. The number of nitrogens with zero attached hydrogens (tertiary/aromatic N) is 3. The predicted octanol–water partition coefficient (Wildman–Crippen LogP) is 5.16. The van der Waals surface area contributed by atoms with Gasteiger partial charge in [-0.2, -0.15) is 4.31 Å². The molecule has 0 saturated carbocycles. The van der Waals surface area contributed by atoms with E-state index < -0.39 is 16.1 Å². The quantitative estimate of drug-likeness (QED) is 0.432. The highest BCUT2D eigenvalue weighted by molar-refractivity contribution is 7.89.